The van der Waals surface area contributed by atoms with E-state index in [4.69, 9.17) is 4.74 Å². The van der Waals surface area contributed by atoms with E-state index in [1.165, 1.54) is 24.3 Å². The van der Waals surface area contributed by atoms with Gasteiger partial charge >= 0.3 is 5.97 Å². The van der Waals surface area contributed by atoms with Crippen molar-refractivity contribution in [3.8, 4) is 0 Å². The maximum atomic E-state index is 13.2. The lowest BCUT2D eigenvalue weighted by atomic mass is 10.1. The number of carbonyl (C=O) groups is 4. The highest BCUT2D eigenvalue weighted by Crippen LogP contribution is 2.29. The second-order valence-electron chi connectivity index (χ2n) is 6.94. The van der Waals surface area contributed by atoms with Crippen LogP contribution >= 0.6 is 0 Å². The molecule has 1 aliphatic rings. The summed E-state index contributed by atoms with van der Waals surface area (Å²) in [7, 11) is 0. The van der Waals surface area contributed by atoms with Crippen molar-refractivity contribution in [2.75, 3.05) is 16.8 Å². The molecule has 0 aromatic heterocycles. The highest BCUT2D eigenvalue weighted by molar-refractivity contribution is 6.34. The predicted octanol–water partition coefficient (Wildman–Crippen LogP) is 3.70. The van der Waals surface area contributed by atoms with Gasteiger partial charge in [-0.3, -0.25) is 14.4 Å². The number of rotatable bonds is 5. The van der Waals surface area contributed by atoms with Crippen molar-refractivity contribution >= 4 is 35.1 Å². The number of benzene rings is 3. The van der Waals surface area contributed by atoms with Crippen LogP contribution in [0.25, 0.3) is 0 Å². The number of ether oxygens (including phenoxy) is 1. The maximum Gasteiger partial charge on any atom is 0.338 e. The summed E-state index contributed by atoms with van der Waals surface area (Å²) in [5, 5.41) is 2.24. The Labute approximate surface area is 184 Å². The molecule has 1 heterocycles. The van der Waals surface area contributed by atoms with Gasteiger partial charge in [0.05, 0.1) is 22.4 Å². The third kappa shape index (κ3) is 4.31. The molecular formula is C23H13F3N2O5. The van der Waals surface area contributed by atoms with Crippen LogP contribution in [0, 0.1) is 17.5 Å². The lowest BCUT2D eigenvalue weighted by Crippen LogP contribution is -2.29. The Kier molecular flexibility index (Phi) is 5.65. The largest absolute Gasteiger partial charge is 0.452 e. The van der Waals surface area contributed by atoms with Gasteiger partial charge < -0.3 is 10.1 Å². The molecule has 0 atom stereocenters. The molecular weight excluding hydrogens is 441 g/mol. The fourth-order valence-corrected chi connectivity index (χ4v) is 3.18. The maximum absolute atomic E-state index is 13.2. The van der Waals surface area contributed by atoms with Gasteiger partial charge in [-0.15, -0.1) is 0 Å². The van der Waals surface area contributed by atoms with Crippen molar-refractivity contribution < 1.29 is 37.1 Å². The molecule has 0 spiro atoms. The van der Waals surface area contributed by atoms with E-state index in [0.29, 0.717) is 0 Å². The molecule has 0 aliphatic carbocycles. The molecule has 3 aromatic carbocycles. The topological polar surface area (TPSA) is 92.8 Å². The van der Waals surface area contributed by atoms with Gasteiger partial charge in [0, 0.05) is 11.8 Å². The lowest BCUT2D eigenvalue weighted by molar-refractivity contribution is -0.119. The molecule has 0 saturated heterocycles. The van der Waals surface area contributed by atoms with E-state index in [-0.39, 0.29) is 28.1 Å². The second-order valence-corrected chi connectivity index (χ2v) is 6.94. The Hall–Kier alpha value is -4.47. The smallest absolute Gasteiger partial charge is 0.338 e. The predicted molar refractivity (Wildman–Crippen MR) is 109 cm³/mol. The summed E-state index contributed by atoms with van der Waals surface area (Å²) in [6, 6.07) is 11.2. The molecule has 0 fully saturated rings. The zero-order valence-corrected chi connectivity index (χ0v) is 16.6. The van der Waals surface area contributed by atoms with Gasteiger partial charge in [-0.25, -0.2) is 22.9 Å². The summed E-state index contributed by atoms with van der Waals surface area (Å²) >= 11 is 0. The summed E-state index contributed by atoms with van der Waals surface area (Å²) in [5.41, 5.74) is 0.0524. The van der Waals surface area contributed by atoms with E-state index in [9.17, 15) is 32.3 Å². The van der Waals surface area contributed by atoms with Crippen LogP contribution in [0.3, 0.4) is 0 Å². The van der Waals surface area contributed by atoms with Crippen molar-refractivity contribution in [1.29, 1.82) is 0 Å². The number of hydrogen-bond donors (Lipinski definition) is 1. The zero-order chi connectivity index (χ0) is 23.7. The lowest BCUT2D eigenvalue weighted by Gasteiger charge is -2.13. The van der Waals surface area contributed by atoms with Crippen molar-refractivity contribution in [2.24, 2.45) is 0 Å². The zero-order valence-electron chi connectivity index (χ0n) is 16.6. The van der Waals surface area contributed by atoms with Gasteiger partial charge in [-0.2, -0.15) is 0 Å². The number of fused-ring (bicyclic) bond motifs is 1. The Bertz CT molecular complexity index is 1310. The van der Waals surface area contributed by atoms with E-state index in [1.807, 2.05) is 0 Å². The normalized spacial score (nSPS) is 12.5. The van der Waals surface area contributed by atoms with Crippen LogP contribution in [0.2, 0.25) is 0 Å². The molecule has 166 valence electrons. The first-order valence-electron chi connectivity index (χ1n) is 9.45. The van der Waals surface area contributed by atoms with Crippen LogP contribution in [0.15, 0.2) is 60.7 Å². The van der Waals surface area contributed by atoms with Crippen LogP contribution < -0.4 is 10.2 Å². The molecule has 0 bridgehead atoms. The van der Waals surface area contributed by atoms with Gasteiger partial charge in [0.25, 0.3) is 17.7 Å². The first-order valence-corrected chi connectivity index (χ1v) is 9.45. The van der Waals surface area contributed by atoms with Crippen molar-refractivity contribution in [2.45, 2.75) is 0 Å². The fourth-order valence-electron chi connectivity index (χ4n) is 3.18. The van der Waals surface area contributed by atoms with Crippen molar-refractivity contribution in [3.05, 3.63) is 94.8 Å². The summed E-state index contributed by atoms with van der Waals surface area (Å²) in [6.45, 7) is -0.733. The number of nitrogens with one attached hydrogen (secondary N) is 1. The van der Waals surface area contributed by atoms with E-state index < -0.39 is 47.7 Å². The van der Waals surface area contributed by atoms with Gasteiger partial charge in [0.1, 0.15) is 5.82 Å². The van der Waals surface area contributed by atoms with E-state index >= 15 is 0 Å². The molecule has 7 nitrogen and oxygen atoms in total. The summed E-state index contributed by atoms with van der Waals surface area (Å²) in [5.74, 6) is -5.85. The minimum atomic E-state index is -1.16. The molecule has 3 aromatic rings. The number of carbonyl (C=O) groups excluding carboxylic acids is 4. The van der Waals surface area contributed by atoms with Gasteiger partial charge in [0.2, 0.25) is 0 Å². The number of hydrogen-bond acceptors (Lipinski definition) is 5. The number of nitrogens with zero attached hydrogens (tertiary/aromatic N) is 1. The molecule has 1 aliphatic heterocycles. The third-order valence-electron chi connectivity index (χ3n) is 4.74. The Morgan fingerprint density at radius 1 is 0.818 bits per heavy atom. The molecule has 0 radical (unpaired) electrons. The highest BCUT2D eigenvalue weighted by atomic mass is 19.2. The van der Waals surface area contributed by atoms with Gasteiger partial charge in [0.15, 0.2) is 18.2 Å². The van der Waals surface area contributed by atoms with Crippen LogP contribution in [0.1, 0.15) is 31.1 Å². The SMILES string of the molecule is O=C(COC(=O)c1ccc2c(c1)C(=O)N(c1ccc(F)cc1)C2=O)Nc1ccc(F)c(F)c1. The van der Waals surface area contributed by atoms with Gasteiger partial charge in [-0.05, 0) is 54.6 Å². The minimum Gasteiger partial charge on any atom is -0.452 e. The number of esters is 1. The van der Waals surface area contributed by atoms with E-state index in [1.54, 1.807) is 0 Å². The summed E-state index contributed by atoms with van der Waals surface area (Å²) in [6.07, 6.45) is 0. The van der Waals surface area contributed by atoms with Crippen LogP contribution in [0.4, 0.5) is 24.5 Å². The Morgan fingerprint density at radius 2 is 1.52 bits per heavy atom. The third-order valence-corrected chi connectivity index (χ3v) is 4.74. The first-order chi connectivity index (χ1) is 15.7. The number of anilines is 2. The van der Waals surface area contributed by atoms with Crippen molar-refractivity contribution in [1.82, 2.24) is 0 Å². The fraction of sp³-hybridized carbons (Fsp3) is 0.0435. The molecule has 0 unspecified atom stereocenters. The van der Waals surface area contributed by atoms with Crippen LogP contribution in [-0.4, -0.2) is 30.3 Å². The Morgan fingerprint density at radius 3 is 2.21 bits per heavy atom. The minimum absolute atomic E-state index is 0.0301. The molecule has 33 heavy (non-hydrogen) atoms. The molecule has 1 N–H and O–H groups in total. The van der Waals surface area contributed by atoms with E-state index in [2.05, 4.69) is 5.32 Å². The van der Waals surface area contributed by atoms with Crippen LogP contribution in [-0.2, 0) is 9.53 Å². The highest BCUT2D eigenvalue weighted by Gasteiger charge is 2.37. The molecule has 10 heteroatoms. The summed E-state index contributed by atoms with van der Waals surface area (Å²) < 4.78 is 44.2. The standard InChI is InChI=1S/C23H13F3N2O5/c24-13-2-5-15(6-3-13)28-21(30)16-7-1-12(9-17(16)22(28)31)23(32)33-11-20(29)27-14-4-8-18(25)19(26)10-14/h1-10H,11H2,(H,27,29). The number of halogens is 3. The Balaban J connectivity index is 1.44. The molecule has 4 rings (SSSR count). The number of amides is 3. The first kappa shape index (κ1) is 21.8. The quantitative estimate of drug-likeness (QED) is 0.469. The average Bonchev–Trinajstić information content (AvgIpc) is 3.05. The summed E-state index contributed by atoms with van der Waals surface area (Å²) in [4.78, 5) is 50.4. The average molecular weight is 454 g/mol. The molecule has 3 amide bonds. The number of imide groups is 1. The molecule has 0 saturated carbocycles. The van der Waals surface area contributed by atoms with Crippen molar-refractivity contribution in [3.63, 3.8) is 0 Å². The monoisotopic (exact) mass is 454 g/mol. The second kappa shape index (κ2) is 8.58. The van der Waals surface area contributed by atoms with Crippen LogP contribution in [0.5, 0.6) is 0 Å². The van der Waals surface area contributed by atoms with E-state index in [0.717, 1.165) is 41.3 Å². The van der Waals surface area contributed by atoms with Gasteiger partial charge in [-0.1, -0.05) is 0 Å².